The summed E-state index contributed by atoms with van der Waals surface area (Å²) in [4.78, 5) is 36.1. The number of alkyl carbamates (subject to hydrolysis) is 1. The van der Waals surface area contributed by atoms with Gasteiger partial charge in [-0.3, -0.25) is 0 Å². The van der Waals surface area contributed by atoms with Gasteiger partial charge in [-0.15, -0.1) is 0 Å². The number of carbonyl (C=O) groups is 3. The summed E-state index contributed by atoms with van der Waals surface area (Å²) in [6.07, 6.45) is 0.678. The van der Waals surface area contributed by atoms with Crippen LogP contribution in [0.15, 0.2) is 18.2 Å². The molecule has 1 unspecified atom stereocenters. The zero-order valence-corrected chi connectivity index (χ0v) is 17.6. The maximum Gasteiger partial charge on any atom is 0.407 e. The second-order valence-electron chi connectivity index (χ2n) is 7.45. The normalized spacial score (nSPS) is 12.1. The minimum absolute atomic E-state index is 0.146. The van der Waals surface area contributed by atoms with Crippen LogP contribution in [0.25, 0.3) is 0 Å². The number of rotatable bonds is 8. The van der Waals surface area contributed by atoms with E-state index >= 15 is 0 Å². The molecule has 7 heteroatoms. The molecule has 0 heterocycles. The fourth-order valence-electron chi connectivity index (χ4n) is 2.46. The number of carbonyl (C=O) groups excluding carboxylic acids is 3. The first-order chi connectivity index (χ1) is 13.1. The SMILES string of the molecule is CCOC(=O)c1cc(CCC(C)NC(=O)OC(C)(C)C)cc(C(=O)OCC)c1. The van der Waals surface area contributed by atoms with Crippen molar-refractivity contribution in [3.8, 4) is 0 Å². The van der Waals surface area contributed by atoms with Crippen LogP contribution in [0, 0.1) is 0 Å². The number of esters is 2. The summed E-state index contributed by atoms with van der Waals surface area (Å²) in [6.45, 7) is 11.2. The van der Waals surface area contributed by atoms with E-state index in [1.54, 1.807) is 46.8 Å². The Balaban J connectivity index is 2.86. The third kappa shape index (κ3) is 8.41. The highest BCUT2D eigenvalue weighted by atomic mass is 16.6. The zero-order valence-electron chi connectivity index (χ0n) is 17.6. The van der Waals surface area contributed by atoms with Crippen LogP contribution in [0.4, 0.5) is 4.79 Å². The molecule has 0 saturated heterocycles. The van der Waals surface area contributed by atoms with Gasteiger partial charge in [0.1, 0.15) is 5.60 Å². The predicted molar refractivity (Wildman–Crippen MR) is 106 cm³/mol. The number of aryl methyl sites for hydroxylation is 1. The Morgan fingerprint density at radius 1 is 0.964 bits per heavy atom. The van der Waals surface area contributed by atoms with Crippen molar-refractivity contribution in [2.75, 3.05) is 13.2 Å². The molecule has 0 saturated carbocycles. The molecule has 0 aliphatic heterocycles. The number of nitrogens with one attached hydrogen (secondary N) is 1. The van der Waals surface area contributed by atoms with E-state index in [-0.39, 0.29) is 19.3 Å². The van der Waals surface area contributed by atoms with Crippen molar-refractivity contribution in [1.29, 1.82) is 0 Å². The van der Waals surface area contributed by atoms with Gasteiger partial charge in [-0.05, 0) is 78.1 Å². The van der Waals surface area contributed by atoms with Crippen LogP contribution in [-0.4, -0.2) is 42.9 Å². The lowest BCUT2D eigenvalue weighted by atomic mass is 10.0. The Kier molecular flexibility index (Phi) is 8.96. The van der Waals surface area contributed by atoms with Gasteiger partial charge in [-0.25, -0.2) is 14.4 Å². The molecule has 156 valence electrons. The first kappa shape index (κ1) is 23.5. The van der Waals surface area contributed by atoms with Gasteiger partial charge in [0.15, 0.2) is 0 Å². The summed E-state index contributed by atoms with van der Waals surface area (Å²) in [5, 5.41) is 2.78. The van der Waals surface area contributed by atoms with Crippen molar-refractivity contribution in [2.45, 2.75) is 66.0 Å². The van der Waals surface area contributed by atoms with Crippen LogP contribution in [0.5, 0.6) is 0 Å². The summed E-state index contributed by atoms with van der Waals surface area (Å²) in [5.74, 6) is -0.982. The number of hydrogen-bond donors (Lipinski definition) is 1. The van der Waals surface area contributed by atoms with E-state index in [0.717, 1.165) is 5.56 Å². The Labute approximate surface area is 166 Å². The van der Waals surface area contributed by atoms with E-state index < -0.39 is 23.6 Å². The van der Waals surface area contributed by atoms with E-state index in [2.05, 4.69) is 5.32 Å². The van der Waals surface area contributed by atoms with Gasteiger partial charge in [0, 0.05) is 6.04 Å². The molecule has 0 aliphatic rings. The minimum atomic E-state index is -0.563. The van der Waals surface area contributed by atoms with Crippen LogP contribution in [0.1, 0.15) is 74.2 Å². The molecule has 1 amide bonds. The summed E-state index contributed by atoms with van der Waals surface area (Å²) >= 11 is 0. The molecule has 0 bridgehead atoms. The molecular weight excluding hydrogens is 362 g/mol. The van der Waals surface area contributed by atoms with Crippen LogP contribution in [-0.2, 0) is 20.6 Å². The zero-order chi connectivity index (χ0) is 21.3. The number of amides is 1. The van der Waals surface area contributed by atoms with Crippen molar-refractivity contribution in [3.05, 3.63) is 34.9 Å². The van der Waals surface area contributed by atoms with Gasteiger partial charge >= 0.3 is 18.0 Å². The topological polar surface area (TPSA) is 90.9 Å². The summed E-state index contributed by atoms with van der Waals surface area (Å²) in [7, 11) is 0. The van der Waals surface area contributed by atoms with Crippen LogP contribution in [0.2, 0.25) is 0 Å². The van der Waals surface area contributed by atoms with Gasteiger partial charge in [-0.2, -0.15) is 0 Å². The monoisotopic (exact) mass is 393 g/mol. The minimum Gasteiger partial charge on any atom is -0.462 e. The van der Waals surface area contributed by atoms with Crippen LogP contribution >= 0.6 is 0 Å². The van der Waals surface area contributed by atoms with E-state index in [4.69, 9.17) is 14.2 Å². The van der Waals surface area contributed by atoms with E-state index in [1.165, 1.54) is 6.07 Å². The second-order valence-corrected chi connectivity index (χ2v) is 7.45. The Morgan fingerprint density at radius 3 is 1.89 bits per heavy atom. The smallest absolute Gasteiger partial charge is 0.407 e. The molecule has 1 atom stereocenters. The fourth-order valence-corrected chi connectivity index (χ4v) is 2.46. The lowest BCUT2D eigenvalue weighted by Crippen LogP contribution is -2.37. The molecule has 1 aromatic rings. The lowest BCUT2D eigenvalue weighted by Gasteiger charge is -2.22. The van der Waals surface area contributed by atoms with Gasteiger partial charge < -0.3 is 19.5 Å². The Morgan fingerprint density at radius 2 is 1.46 bits per heavy atom. The van der Waals surface area contributed by atoms with Crippen LogP contribution < -0.4 is 5.32 Å². The highest BCUT2D eigenvalue weighted by Gasteiger charge is 2.18. The van der Waals surface area contributed by atoms with Gasteiger partial charge in [0.05, 0.1) is 24.3 Å². The average Bonchev–Trinajstić information content (AvgIpc) is 2.58. The van der Waals surface area contributed by atoms with Crippen molar-refractivity contribution >= 4 is 18.0 Å². The Bertz CT molecular complexity index is 656. The fraction of sp³-hybridized carbons (Fsp3) is 0.571. The molecular formula is C21H31NO6. The molecule has 7 nitrogen and oxygen atoms in total. The molecule has 0 radical (unpaired) electrons. The number of ether oxygens (including phenoxy) is 3. The van der Waals surface area contributed by atoms with Crippen molar-refractivity contribution < 1.29 is 28.6 Å². The van der Waals surface area contributed by atoms with Crippen molar-refractivity contribution in [2.24, 2.45) is 0 Å². The highest BCUT2D eigenvalue weighted by molar-refractivity contribution is 5.95. The van der Waals surface area contributed by atoms with E-state index in [1.807, 2.05) is 6.92 Å². The largest absolute Gasteiger partial charge is 0.462 e. The average molecular weight is 393 g/mol. The first-order valence-electron chi connectivity index (χ1n) is 9.53. The maximum absolute atomic E-state index is 12.1. The molecule has 0 aromatic heterocycles. The number of benzene rings is 1. The Hall–Kier alpha value is -2.57. The molecule has 0 spiro atoms. The third-order valence-electron chi connectivity index (χ3n) is 3.64. The summed E-state index contributed by atoms with van der Waals surface area (Å²) in [6, 6.07) is 4.72. The number of hydrogen-bond acceptors (Lipinski definition) is 6. The molecule has 1 N–H and O–H groups in total. The van der Waals surface area contributed by atoms with Crippen molar-refractivity contribution in [1.82, 2.24) is 5.32 Å². The van der Waals surface area contributed by atoms with Crippen molar-refractivity contribution in [3.63, 3.8) is 0 Å². The van der Waals surface area contributed by atoms with Gasteiger partial charge in [-0.1, -0.05) is 0 Å². The summed E-state index contributed by atoms with van der Waals surface area (Å²) < 4.78 is 15.3. The lowest BCUT2D eigenvalue weighted by molar-refractivity contribution is 0.0499. The predicted octanol–water partition coefficient (Wildman–Crippen LogP) is 3.89. The van der Waals surface area contributed by atoms with E-state index in [9.17, 15) is 14.4 Å². The standard InChI is InChI=1S/C21H31NO6/c1-7-26-18(23)16-11-15(12-17(13-16)19(24)27-8-2)10-9-14(3)22-20(25)28-21(4,5)6/h11-14H,7-10H2,1-6H3,(H,22,25). The van der Waals surface area contributed by atoms with Gasteiger partial charge in [0.2, 0.25) is 0 Å². The quantitative estimate of drug-likeness (QED) is 0.532. The highest BCUT2D eigenvalue weighted by Crippen LogP contribution is 2.16. The second kappa shape index (κ2) is 10.7. The summed E-state index contributed by atoms with van der Waals surface area (Å²) in [5.41, 5.74) is 0.823. The molecule has 0 aliphatic carbocycles. The third-order valence-corrected chi connectivity index (χ3v) is 3.64. The van der Waals surface area contributed by atoms with Crippen LogP contribution in [0.3, 0.4) is 0 Å². The first-order valence-corrected chi connectivity index (χ1v) is 9.53. The molecule has 28 heavy (non-hydrogen) atoms. The maximum atomic E-state index is 12.1. The van der Waals surface area contributed by atoms with E-state index in [0.29, 0.717) is 24.0 Å². The molecule has 0 fully saturated rings. The molecule has 1 rings (SSSR count). The molecule has 1 aromatic carbocycles. The van der Waals surface area contributed by atoms with Gasteiger partial charge in [0.25, 0.3) is 0 Å².